The number of aryl methyl sites for hydroxylation is 2. The number of anilines is 1. The quantitative estimate of drug-likeness (QED) is 0.420. The Labute approximate surface area is 161 Å². The van der Waals surface area contributed by atoms with Gasteiger partial charge in [-0.2, -0.15) is 0 Å². The molecule has 0 fully saturated rings. The minimum atomic E-state index is -0.737. The average Bonchev–Trinajstić information content (AvgIpc) is 2.64. The van der Waals surface area contributed by atoms with Crippen molar-refractivity contribution in [2.75, 3.05) is 25.6 Å². The van der Waals surface area contributed by atoms with Gasteiger partial charge >= 0.3 is 5.97 Å². The van der Waals surface area contributed by atoms with Gasteiger partial charge in [-0.05, 0) is 49.2 Å². The highest BCUT2D eigenvalue weighted by Crippen LogP contribution is 2.28. The van der Waals surface area contributed by atoms with Gasteiger partial charge in [-0.1, -0.05) is 6.07 Å². The fourth-order valence-corrected chi connectivity index (χ4v) is 2.43. The lowest BCUT2D eigenvalue weighted by Gasteiger charge is -2.09. The van der Waals surface area contributed by atoms with E-state index in [4.69, 9.17) is 14.2 Å². The van der Waals surface area contributed by atoms with E-state index >= 15 is 0 Å². The molecule has 0 aromatic heterocycles. The molecule has 2 aromatic carbocycles. The second kappa shape index (κ2) is 9.36. The fraction of sp³-hybridized carbons (Fsp3) is 0.263. The second-order valence-corrected chi connectivity index (χ2v) is 5.96. The van der Waals surface area contributed by atoms with Gasteiger partial charge in [0.15, 0.2) is 13.2 Å². The van der Waals surface area contributed by atoms with Crippen LogP contribution in [0.4, 0.5) is 11.4 Å². The summed E-state index contributed by atoms with van der Waals surface area (Å²) < 4.78 is 15.1. The van der Waals surface area contributed by atoms with Crippen LogP contribution in [0.3, 0.4) is 0 Å². The molecule has 0 unspecified atom stereocenters. The van der Waals surface area contributed by atoms with Gasteiger partial charge in [0.1, 0.15) is 17.2 Å². The smallest absolute Gasteiger partial charge is 0.344 e. The Balaban J connectivity index is 1.86. The Morgan fingerprint density at radius 2 is 1.71 bits per heavy atom. The Bertz CT molecular complexity index is 876. The molecule has 0 atom stereocenters. The van der Waals surface area contributed by atoms with Crippen LogP contribution < -0.4 is 14.8 Å². The first-order chi connectivity index (χ1) is 13.3. The van der Waals surface area contributed by atoms with E-state index < -0.39 is 23.4 Å². The van der Waals surface area contributed by atoms with Gasteiger partial charge < -0.3 is 19.5 Å². The van der Waals surface area contributed by atoms with Crippen molar-refractivity contribution in [1.29, 1.82) is 0 Å². The molecule has 0 saturated carbocycles. The van der Waals surface area contributed by atoms with Gasteiger partial charge in [0, 0.05) is 0 Å². The third-order valence-corrected chi connectivity index (χ3v) is 3.59. The molecule has 0 heterocycles. The highest BCUT2D eigenvalue weighted by atomic mass is 16.6. The first kappa shape index (κ1) is 20.7. The Morgan fingerprint density at radius 3 is 2.32 bits per heavy atom. The van der Waals surface area contributed by atoms with Crippen molar-refractivity contribution in [3.05, 3.63) is 57.6 Å². The standard InChI is InChI=1S/C19H20N2O7/c1-12-6-13(2)8-15(7-12)27-11-19(23)28-10-18(22)20-16-5-4-14(26-3)9-17(16)21(24)25/h4-9H,10-11H2,1-3H3,(H,20,22). The maximum Gasteiger partial charge on any atom is 0.344 e. The molecule has 0 aliphatic rings. The number of rotatable bonds is 8. The van der Waals surface area contributed by atoms with Crippen LogP contribution in [-0.4, -0.2) is 37.1 Å². The summed E-state index contributed by atoms with van der Waals surface area (Å²) in [6, 6.07) is 9.49. The molecule has 0 spiro atoms. The molecule has 28 heavy (non-hydrogen) atoms. The van der Waals surface area contributed by atoms with Gasteiger partial charge in [0.2, 0.25) is 0 Å². The first-order valence-electron chi connectivity index (χ1n) is 8.27. The Morgan fingerprint density at radius 1 is 1.04 bits per heavy atom. The van der Waals surface area contributed by atoms with Crippen molar-refractivity contribution in [3.63, 3.8) is 0 Å². The van der Waals surface area contributed by atoms with Crippen LogP contribution >= 0.6 is 0 Å². The molecule has 9 nitrogen and oxygen atoms in total. The van der Waals surface area contributed by atoms with E-state index in [1.807, 2.05) is 19.9 Å². The van der Waals surface area contributed by atoms with E-state index in [9.17, 15) is 19.7 Å². The number of amides is 1. The number of ether oxygens (including phenoxy) is 3. The summed E-state index contributed by atoms with van der Waals surface area (Å²) in [6.45, 7) is 2.85. The minimum Gasteiger partial charge on any atom is -0.496 e. The third-order valence-electron chi connectivity index (χ3n) is 3.59. The van der Waals surface area contributed by atoms with Gasteiger partial charge in [0.05, 0.1) is 18.1 Å². The van der Waals surface area contributed by atoms with Crippen molar-refractivity contribution in [1.82, 2.24) is 0 Å². The van der Waals surface area contributed by atoms with Crippen LogP contribution in [0, 0.1) is 24.0 Å². The molecule has 0 radical (unpaired) electrons. The van der Waals surface area contributed by atoms with E-state index in [-0.39, 0.29) is 23.7 Å². The maximum atomic E-state index is 11.9. The highest BCUT2D eigenvalue weighted by Gasteiger charge is 2.18. The molecule has 9 heteroatoms. The summed E-state index contributed by atoms with van der Waals surface area (Å²) in [7, 11) is 1.37. The molecular formula is C19H20N2O7. The maximum absolute atomic E-state index is 11.9. The number of hydrogen-bond donors (Lipinski definition) is 1. The average molecular weight is 388 g/mol. The van der Waals surface area contributed by atoms with Gasteiger partial charge in [-0.25, -0.2) is 4.79 Å². The molecule has 2 aromatic rings. The number of esters is 1. The van der Waals surface area contributed by atoms with Crippen LogP contribution in [-0.2, 0) is 14.3 Å². The number of carbonyl (C=O) groups excluding carboxylic acids is 2. The number of benzene rings is 2. The first-order valence-corrected chi connectivity index (χ1v) is 8.27. The van der Waals surface area contributed by atoms with Crippen molar-refractivity contribution in [3.8, 4) is 11.5 Å². The van der Waals surface area contributed by atoms with E-state index in [0.717, 1.165) is 11.1 Å². The predicted molar refractivity (Wildman–Crippen MR) is 101 cm³/mol. The number of carbonyl (C=O) groups is 2. The lowest BCUT2D eigenvalue weighted by Crippen LogP contribution is -2.24. The van der Waals surface area contributed by atoms with Gasteiger partial charge in [-0.3, -0.25) is 14.9 Å². The molecule has 0 aliphatic carbocycles. The van der Waals surface area contributed by atoms with Crippen LogP contribution in [0.15, 0.2) is 36.4 Å². The van der Waals surface area contributed by atoms with Crippen molar-refractivity contribution in [2.45, 2.75) is 13.8 Å². The summed E-state index contributed by atoms with van der Waals surface area (Å²) in [6.07, 6.45) is 0. The normalized spacial score (nSPS) is 10.1. The third kappa shape index (κ3) is 5.97. The van der Waals surface area contributed by atoms with Gasteiger partial charge in [-0.15, -0.1) is 0 Å². The zero-order valence-electron chi connectivity index (χ0n) is 15.7. The van der Waals surface area contributed by atoms with Crippen molar-refractivity contribution in [2.24, 2.45) is 0 Å². The van der Waals surface area contributed by atoms with Crippen LogP contribution in [0.2, 0.25) is 0 Å². The number of nitrogens with one attached hydrogen (secondary N) is 1. The van der Waals surface area contributed by atoms with Crippen LogP contribution in [0.5, 0.6) is 11.5 Å². The fourth-order valence-electron chi connectivity index (χ4n) is 2.43. The predicted octanol–water partition coefficient (Wildman–Crippen LogP) is 2.78. The SMILES string of the molecule is COc1ccc(NC(=O)COC(=O)COc2cc(C)cc(C)c2)c([N+](=O)[O-])c1. The minimum absolute atomic E-state index is 0.0293. The second-order valence-electron chi connectivity index (χ2n) is 5.96. The molecule has 2 rings (SSSR count). The van der Waals surface area contributed by atoms with Crippen LogP contribution in [0.1, 0.15) is 11.1 Å². The Kier molecular flexibility index (Phi) is 6.91. The number of nitro benzene ring substituents is 1. The van der Waals surface area contributed by atoms with Crippen molar-refractivity contribution >= 4 is 23.3 Å². The van der Waals surface area contributed by atoms with E-state index in [0.29, 0.717) is 5.75 Å². The lowest BCUT2D eigenvalue weighted by molar-refractivity contribution is -0.384. The van der Waals surface area contributed by atoms with E-state index in [2.05, 4.69) is 5.32 Å². The van der Waals surface area contributed by atoms with Gasteiger partial charge in [0.25, 0.3) is 11.6 Å². The number of nitro groups is 1. The lowest BCUT2D eigenvalue weighted by atomic mass is 10.1. The molecule has 148 valence electrons. The number of methoxy groups -OCH3 is 1. The highest BCUT2D eigenvalue weighted by molar-refractivity contribution is 5.95. The monoisotopic (exact) mass is 388 g/mol. The largest absolute Gasteiger partial charge is 0.496 e. The number of hydrogen-bond acceptors (Lipinski definition) is 7. The molecule has 0 bridgehead atoms. The molecule has 0 aliphatic heterocycles. The van der Waals surface area contributed by atoms with Crippen LogP contribution in [0.25, 0.3) is 0 Å². The molecular weight excluding hydrogens is 368 g/mol. The molecule has 1 amide bonds. The summed E-state index contributed by atoms with van der Waals surface area (Å²) in [5.74, 6) is -0.654. The number of nitrogens with zero attached hydrogens (tertiary/aromatic N) is 1. The Hall–Kier alpha value is -3.62. The summed E-state index contributed by atoms with van der Waals surface area (Å²) in [5.41, 5.74) is 1.61. The summed E-state index contributed by atoms with van der Waals surface area (Å²) >= 11 is 0. The zero-order valence-corrected chi connectivity index (χ0v) is 15.7. The summed E-state index contributed by atoms with van der Waals surface area (Å²) in [4.78, 5) is 34.1. The molecule has 1 N–H and O–H groups in total. The van der Waals surface area contributed by atoms with E-state index in [1.54, 1.807) is 12.1 Å². The molecule has 0 saturated heterocycles. The van der Waals surface area contributed by atoms with E-state index in [1.165, 1.54) is 25.3 Å². The topological polar surface area (TPSA) is 117 Å². The summed E-state index contributed by atoms with van der Waals surface area (Å²) in [5, 5.41) is 13.4. The van der Waals surface area contributed by atoms with Crippen molar-refractivity contribution < 1.29 is 28.7 Å². The zero-order chi connectivity index (χ0) is 20.7.